The van der Waals surface area contributed by atoms with Crippen LogP contribution in [-0.2, 0) is 11.2 Å². The van der Waals surface area contributed by atoms with E-state index in [4.69, 9.17) is 0 Å². The van der Waals surface area contributed by atoms with E-state index in [-0.39, 0.29) is 11.8 Å². The molecule has 1 aliphatic carbocycles. The van der Waals surface area contributed by atoms with E-state index in [2.05, 4.69) is 34.9 Å². The Balaban J connectivity index is 1.39. The fourth-order valence-electron chi connectivity index (χ4n) is 2.76. The fraction of sp³-hybridized carbons (Fsp3) is 0.350. The molecule has 3 nitrogen and oxygen atoms in total. The Morgan fingerprint density at radius 1 is 0.957 bits per heavy atom. The van der Waals surface area contributed by atoms with Gasteiger partial charge in [0.05, 0.1) is 0 Å². The molecular weight excluding hydrogens is 284 g/mol. The highest BCUT2D eigenvalue weighted by Gasteiger charge is 2.24. The average Bonchev–Trinajstić information content (AvgIpc) is 2.52. The van der Waals surface area contributed by atoms with Crippen LogP contribution in [0.4, 0.5) is 11.4 Å². The lowest BCUT2D eigenvalue weighted by Crippen LogP contribution is -2.27. The lowest BCUT2D eigenvalue weighted by atomic mass is 9.85. The molecular formula is C20H24N2O. The highest BCUT2D eigenvalue weighted by Crippen LogP contribution is 2.27. The van der Waals surface area contributed by atoms with Crippen LogP contribution in [0.3, 0.4) is 0 Å². The van der Waals surface area contributed by atoms with Crippen molar-refractivity contribution in [3.8, 4) is 0 Å². The number of carbonyl (C=O) groups excluding carboxylic acids is 1. The van der Waals surface area contributed by atoms with Gasteiger partial charge in [-0.2, -0.15) is 0 Å². The van der Waals surface area contributed by atoms with Crippen molar-refractivity contribution in [2.45, 2.75) is 32.1 Å². The molecule has 1 aliphatic rings. The van der Waals surface area contributed by atoms with Gasteiger partial charge in [0, 0.05) is 23.8 Å². The van der Waals surface area contributed by atoms with Crippen LogP contribution in [0, 0.1) is 5.92 Å². The number of aryl methyl sites for hydroxylation is 1. The standard InChI is InChI=1S/C20H24N2O/c23-20(17-9-4-10-17)22-19-13-11-18(12-14-19)21-15-5-8-16-6-2-1-3-7-16/h1-3,6-7,11-14,17,21H,4-5,8-10,15H2,(H,22,23). The maximum absolute atomic E-state index is 11.9. The third kappa shape index (κ3) is 4.59. The predicted molar refractivity (Wildman–Crippen MR) is 95.7 cm³/mol. The number of rotatable bonds is 7. The first kappa shape index (κ1) is 15.6. The summed E-state index contributed by atoms with van der Waals surface area (Å²) >= 11 is 0. The van der Waals surface area contributed by atoms with Crippen molar-refractivity contribution < 1.29 is 4.79 Å². The molecule has 0 aliphatic heterocycles. The predicted octanol–water partition coefficient (Wildman–Crippen LogP) is 4.47. The molecule has 3 rings (SSSR count). The number of amides is 1. The smallest absolute Gasteiger partial charge is 0.227 e. The lowest BCUT2D eigenvalue weighted by molar-refractivity contribution is -0.122. The Kier molecular flexibility index (Phi) is 5.30. The van der Waals surface area contributed by atoms with E-state index in [0.29, 0.717) is 0 Å². The summed E-state index contributed by atoms with van der Waals surface area (Å²) in [6.07, 6.45) is 5.44. The van der Waals surface area contributed by atoms with E-state index < -0.39 is 0 Å². The van der Waals surface area contributed by atoms with Gasteiger partial charge in [0.1, 0.15) is 0 Å². The van der Waals surface area contributed by atoms with Gasteiger partial charge in [-0.1, -0.05) is 36.8 Å². The van der Waals surface area contributed by atoms with E-state index in [9.17, 15) is 4.79 Å². The number of nitrogens with one attached hydrogen (secondary N) is 2. The zero-order chi connectivity index (χ0) is 15.9. The first-order valence-corrected chi connectivity index (χ1v) is 8.50. The molecule has 0 radical (unpaired) electrons. The number of benzene rings is 2. The zero-order valence-electron chi connectivity index (χ0n) is 13.4. The van der Waals surface area contributed by atoms with Gasteiger partial charge in [0.15, 0.2) is 0 Å². The Morgan fingerprint density at radius 3 is 2.30 bits per heavy atom. The minimum absolute atomic E-state index is 0.167. The van der Waals surface area contributed by atoms with Crippen molar-refractivity contribution >= 4 is 17.3 Å². The quantitative estimate of drug-likeness (QED) is 0.741. The zero-order valence-corrected chi connectivity index (χ0v) is 13.4. The van der Waals surface area contributed by atoms with Crippen LogP contribution in [0.1, 0.15) is 31.2 Å². The van der Waals surface area contributed by atoms with Crippen LogP contribution in [0.5, 0.6) is 0 Å². The molecule has 0 atom stereocenters. The summed E-state index contributed by atoms with van der Waals surface area (Å²) in [5.41, 5.74) is 3.36. The van der Waals surface area contributed by atoms with Gasteiger partial charge in [-0.25, -0.2) is 0 Å². The summed E-state index contributed by atoms with van der Waals surface area (Å²) in [5, 5.41) is 6.42. The second kappa shape index (κ2) is 7.82. The van der Waals surface area contributed by atoms with Crippen LogP contribution < -0.4 is 10.6 Å². The molecule has 2 aromatic carbocycles. The first-order valence-electron chi connectivity index (χ1n) is 8.50. The summed E-state index contributed by atoms with van der Waals surface area (Å²) < 4.78 is 0. The third-order valence-electron chi connectivity index (χ3n) is 4.44. The summed E-state index contributed by atoms with van der Waals surface area (Å²) in [5.74, 6) is 0.394. The van der Waals surface area contributed by atoms with Crippen LogP contribution >= 0.6 is 0 Å². The maximum atomic E-state index is 11.9. The molecule has 1 amide bonds. The molecule has 2 N–H and O–H groups in total. The van der Waals surface area contributed by atoms with Crippen LogP contribution in [0.2, 0.25) is 0 Å². The molecule has 0 heterocycles. The SMILES string of the molecule is O=C(Nc1ccc(NCCCc2ccccc2)cc1)C1CCC1. The highest BCUT2D eigenvalue weighted by atomic mass is 16.1. The van der Waals surface area contributed by atoms with E-state index in [0.717, 1.165) is 43.6 Å². The number of anilines is 2. The molecule has 0 bridgehead atoms. The van der Waals surface area contributed by atoms with E-state index in [1.807, 2.05) is 30.3 Å². The highest BCUT2D eigenvalue weighted by molar-refractivity contribution is 5.93. The van der Waals surface area contributed by atoms with Crippen molar-refractivity contribution in [1.82, 2.24) is 0 Å². The van der Waals surface area contributed by atoms with Gasteiger partial charge < -0.3 is 10.6 Å². The summed E-state index contributed by atoms with van der Waals surface area (Å²) in [6, 6.07) is 18.5. The normalized spacial score (nSPS) is 14.1. The van der Waals surface area contributed by atoms with Crippen molar-refractivity contribution in [3.63, 3.8) is 0 Å². The maximum Gasteiger partial charge on any atom is 0.227 e. The molecule has 0 saturated heterocycles. The van der Waals surface area contributed by atoms with Gasteiger partial charge in [0.2, 0.25) is 5.91 Å². The molecule has 1 saturated carbocycles. The molecule has 3 heteroatoms. The molecule has 2 aromatic rings. The van der Waals surface area contributed by atoms with Crippen LogP contribution in [-0.4, -0.2) is 12.5 Å². The Hall–Kier alpha value is -2.29. The number of hydrogen-bond acceptors (Lipinski definition) is 2. The van der Waals surface area contributed by atoms with E-state index >= 15 is 0 Å². The monoisotopic (exact) mass is 308 g/mol. The summed E-state index contributed by atoms with van der Waals surface area (Å²) in [4.78, 5) is 11.9. The van der Waals surface area contributed by atoms with E-state index in [1.165, 1.54) is 12.0 Å². The molecule has 0 aromatic heterocycles. The van der Waals surface area contributed by atoms with Crippen molar-refractivity contribution in [1.29, 1.82) is 0 Å². The molecule has 23 heavy (non-hydrogen) atoms. The summed E-state index contributed by atoms with van der Waals surface area (Å²) in [7, 11) is 0. The first-order chi connectivity index (χ1) is 11.3. The molecule has 1 fully saturated rings. The van der Waals surface area contributed by atoms with Crippen molar-refractivity contribution in [3.05, 3.63) is 60.2 Å². The van der Waals surface area contributed by atoms with Gasteiger partial charge in [-0.3, -0.25) is 4.79 Å². The van der Waals surface area contributed by atoms with Gasteiger partial charge in [0.25, 0.3) is 0 Å². The molecule has 120 valence electrons. The van der Waals surface area contributed by atoms with Gasteiger partial charge in [-0.05, 0) is 55.5 Å². The fourth-order valence-corrected chi connectivity index (χ4v) is 2.76. The van der Waals surface area contributed by atoms with Gasteiger partial charge >= 0.3 is 0 Å². The number of hydrogen-bond donors (Lipinski definition) is 2. The largest absolute Gasteiger partial charge is 0.385 e. The Labute approximate surface area is 138 Å². The topological polar surface area (TPSA) is 41.1 Å². The van der Waals surface area contributed by atoms with Gasteiger partial charge in [-0.15, -0.1) is 0 Å². The molecule has 0 unspecified atom stereocenters. The average molecular weight is 308 g/mol. The Morgan fingerprint density at radius 2 is 1.65 bits per heavy atom. The van der Waals surface area contributed by atoms with Crippen molar-refractivity contribution in [2.24, 2.45) is 5.92 Å². The Bertz CT molecular complexity index is 618. The van der Waals surface area contributed by atoms with Crippen LogP contribution in [0.25, 0.3) is 0 Å². The molecule has 0 spiro atoms. The van der Waals surface area contributed by atoms with Crippen LogP contribution in [0.15, 0.2) is 54.6 Å². The lowest BCUT2D eigenvalue weighted by Gasteiger charge is -2.24. The minimum atomic E-state index is 0.167. The van der Waals surface area contributed by atoms with E-state index in [1.54, 1.807) is 0 Å². The number of carbonyl (C=O) groups is 1. The summed E-state index contributed by atoms with van der Waals surface area (Å²) in [6.45, 7) is 0.947. The second-order valence-electron chi connectivity index (χ2n) is 6.21. The van der Waals surface area contributed by atoms with Crippen molar-refractivity contribution in [2.75, 3.05) is 17.2 Å². The minimum Gasteiger partial charge on any atom is -0.385 e. The second-order valence-corrected chi connectivity index (χ2v) is 6.21. The third-order valence-corrected chi connectivity index (χ3v) is 4.44.